The number of hydrogen-bond donors (Lipinski definition) is 2. The lowest BCUT2D eigenvalue weighted by Gasteiger charge is -2.26. The molecular formula is C23H23Cl3N4O2. The van der Waals surface area contributed by atoms with Crippen molar-refractivity contribution in [3.8, 4) is 0 Å². The number of nitrogens with two attached hydrogens (primary N) is 1. The SMILES string of the molecule is C/C(C(=Nc1ccc(Cl)cc1Cl)c1ccc(Cl)cc1)=C(/N)C(=O)NC(=O)N1CCCCC1. The highest BCUT2D eigenvalue weighted by molar-refractivity contribution is 6.36. The van der Waals surface area contributed by atoms with Gasteiger partial charge in [-0.1, -0.05) is 46.9 Å². The molecule has 0 aromatic heterocycles. The summed E-state index contributed by atoms with van der Waals surface area (Å²) in [4.78, 5) is 31.4. The molecule has 1 aliphatic rings. The highest BCUT2D eigenvalue weighted by Crippen LogP contribution is 2.30. The van der Waals surface area contributed by atoms with Crippen molar-refractivity contribution in [1.82, 2.24) is 10.2 Å². The average molecular weight is 494 g/mol. The molecule has 2 aromatic carbocycles. The highest BCUT2D eigenvalue weighted by atomic mass is 35.5. The number of rotatable bonds is 4. The maximum absolute atomic E-state index is 12.7. The molecule has 0 radical (unpaired) electrons. The van der Waals surface area contributed by atoms with Crippen molar-refractivity contribution in [1.29, 1.82) is 0 Å². The molecule has 0 bridgehead atoms. The summed E-state index contributed by atoms with van der Waals surface area (Å²) in [5.41, 5.74) is 7.99. The summed E-state index contributed by atoms with van der Waals surface area (Å²) in [5.74, 6) is -0.679. The molecule has 3 N–H and O–H groups in total. The molecule has 1 heterocycles. The quantitative estimate of drug-likeness (QED) is 0.421. The van der Waals surface area contributed by atoms with E-state index in [9.17, 15) is 9.59 Å². The second-order valence-electron chi connectivity index (χ2n) is 7.41. The van der Waals surface area contributed by atoms with Crippen LogP contribution in [0.2, 0.25) is 15.1 Å². The fourth-order valence-corrected chi connectivity index (χ4v) is 3.88. The van der Waals surface area contributed by atoms with Crippen LogP contribution in [-0.4, -0.2) is 35.6 Å². The van der Waals surface area contributed by atoms with Gasteiger partial charge in [-0.3, -0.25) is 10.1 Å². The molecule has 1 fully saturated rings. The number of hydrogen-bond acceptors (Lipinski definition) is 4. The number of imide groups is 1. The molecular weight excluding hydrogens is 471 g/mol. The predicted octanol–water partition coefficient (Wildman–Crippen LogP) is 5.72. The van der Waals surface area contributed by atoms with Gasteiger partial charge in [0.2, 0.25) is 0 Å². The van der Waals surface area contributed by atoms with E-state index in [0.29, 0.717) is 50.7 Å². The van der Waals surface area contributed by atoms with E-state index in [-0.39, 0.29) is 5.70 Å². The van der Waals surface area contributed by atoms with Crippen molar-refractivity contribution in [2.24, 2.45) is 10.7 Å². The Labute approximate surface area is 202 Å². The topological polar surface area (TPSA) is 87.8 Å². The summed E-state index contributed by atoms with van der Waals surface area (Å²) < 4.78 is 0. The number of nitrogens with zero attached hydrogens (tertiary/aromatic N) is 2. The van der Waals surface area contributed by atoms with E-state index in [4.69, 9.17) is 40.5 Å². The Kier molecular flexibility index (Phi) is 8.18. The number of allylic oxidation sites excluding steroid dienone is 1. The number of halogens is 3. The fraction of sp³-hybridized carbons (Fsp3) is 0.261. The number of carbonyl (C=O) groups excluding carboxylic acids is 2. The number of urea groups is 1. The molecule has 3 amide bonds. The van der Waals surface area contributed by atoms with Crippen LogP contribution in [0.3, 0.4) is 0 Å². The average Bonchev–Trinajstić information content (AvgIpc) is 2.79. The van der Waals surface area contributed by atoms with Crippen molar-refractivity contribution in [2.45, 2.75) is 26.2 Å². The number of carbonyl (C=O) groups is 2. The first kappa shape index (κ1) is 24.1. The van der Waals surface area contributed by atoms with E-state index >= 15 is 0 Å². The monoisotopic (exact) mass is 492 g/mol. The first-order valence-corrected chi connectivity index (χ1v) is 11.3. The first-order valence-electron chi connectivity index (χ1n) is 10.1. The van der Waals surface area contributed by atoms with E-state index < -0.39 is 11.9 Å². The molecule has 168 valence electrons. The van der Waals surface area contributed by atoms with E-state index in [1.165, 1.54) is 0 Å². The van der Waals surface area contributed by atoms with Gasteiger partial charge in [-0.15, -0.1) is 0 Å². The fourth-order valence-electron chi connectivity index (χ4n) is 3.30. The van der Waals surface area contributed by atoms with E-state index in [1.54, 1.807) is 54.3 Å². The molecule has 1 saturated heterocycles. The van der Waals surface area contributed by atoms with Crippen molar-refractivity contribution < 1.29 is 9.59 Å². The lowest BCUT2D eigenvalue weighted by atomic mass is 10.0. The third-order valence-corrected chi connectivity index (χ3v) is 5.92. The van der Waals surface area contributed by atoms with Crippen LogP contribution in [-0.2, 0) is 4.79 Å². The molecule has 0 aliphatic carbocycles. The van der Waals surface area contributed by atoms with Crippen molar-refractivity contribution in [3.05, 3.63) is 74.4 Å². The second kappa shape index (κ2) is 10.9. The molecule has 1 aliphatic heterocycles. The third kappa shape index (κ3) is 6.03. The lowest BCUT2D eigenvalue weighted by Crippen LogP contribution is -2.46. The van der Waals surface area contributed by atoms with Gasteiger partial charge in [0.15, 0.2) is 0 Å². The van der Waals surface area contributed by atoms with Gasteiger partial charge in [0, 0.05) is 34.3 Å². The predicted molar refractivity (Wildman–Crippen MR) is 130 cm³/mol. The van der Waals surface area contributed by atoms with E-state index in [0.717, 1.165) is 19.3 Å². The zero-order valence-electron chi connectivity index (χ0n) is 17.5. The lowest BCUT2D eigenvalue weighted by molar-refractivity contribution is -0.116. The Balaban J connectivity index is 1.96. The Hall–Kier alpha value is -2.54. The first-order chi connectivity index (χ1) is 15.3. The summed E-state index contributed by atoms with van der Waals surface area (Å²) in [6, 6.07) is 11.4. The van der Waals surface area contributed by atoms with Crippen LogP contribution in [0.5, 0.6) is 0 Å². The minimum atomic E-state index is -0.679. The molecule has 32 heavy (non-hydrogen) atoms. The van der Waals surface area contributed by atoms with Gasteiger partial charge >= 0.3 is 6.03 Å². The van der Waals surface area contributed by atoms with Crippen LogP contribution >= 0.6 is 34.8 Å². The minimum Gasteiger partial charge on any atom is -0.394 e. The maximum Gasteiger partial charge on any atom is 0.324 e. The number of likely N-dealkylation sites (tertiary alicyclic amines) is 1. The van der Waals surface area contributed by atoms with Gasteiger partial charge in [0.05, 0.1) is 16.4 Å². The molecule has 0 unspecified atom stereocenters. The second-order valence-corrected chi connectivity index (χ2v) is 8.69. The smallest absolute Gasteiger partial charge is 0.324 e. The number of nitrogens with one attached hydrogen (secondary N) is 1. The van der Waals surface area contributed by atoms with Crippen molar-refractivity contribution in [3.63, 3.8) is 0 Å². The maximum atomic E-state index is 12.7. The summed E-state index contributed by atoms with van der Waals surface area (Å²) in [6.07, 6.45) is 2.91. The molecule has 2 aromatic rings. The van der Waals surface area contributed by atoms with Gasteiger partial charge < -0.3 is 10.6 Å². The number of amides is 3. The Morgan fingerprint density at radius 1 is 0.969 bits per heavy atom. The third-order valence-electron chi connectivity index (χ3n) is 5.13. The van der Waals surface area contributed by atoms with Crippen LogP contribution in [0, 0.1) is 0 Å². The zero-order valence-corrected chi connectivity index (χ0v) is 19.8. The Bertz CT molecular complexity index is 1080. The van der Waals surface area contributed by atoms with Gasteiger partial charge in [-0.05, 0) is 56.5 Å². The summed E-state index contributed by atoms with van der Waals surface area (Å²) >= 11 is 18.3. The van der Waals surface area contributed by atoms with Crippen LogP contribution < -0.4 is 11.1 Å². The van der Waals surface area contributed by atoms with Gasteiger partial charge in [0.1, 0.15) is 5.70 Å². The van der Waals surface area contributed by atoms with Crippen LogP contribution in [0.15, 0.2) is 58.7 Å². The number of benzene rings is 2. The molecule has 9 heteroatoms. The summed E-state index contributed by atoms with van der Waals surface area (Å²) in [5, 5.41) is 3.75. The van der Waals surface area contributed by atoms with E-state index in [1.807, 2.05) is 0 Å². The summed E-state index contributed by atoms with van der Waals surface area (Å²) in [6.45, 7) is 2.90. The van der Waals surface area contributed by atoms with Gasteiger partial charge in [0.25, 0.3) is 5.91 Å². The van der Waals surface area contributed by atoms with Gasteiger partial charge in [-0.2, -0.15) is 0 Å². The number of piperidine rings is 1. The van der Waals surface area contributed by atoms with Crippen molar-refractivity contribution in [2.75, 3.05) is 13.1 Å². The Morgan fingerprint density at radius 2 is 1.59 bits per heavy atom. The van der Waals surface area contributed by atoms with Crippen LogP contribution in [0.25, 0.3) is 0 Å². The molecule has 3 rings (SSSR count). The normalized spacial score (nSPS) is 15.2. The van der Waals surface area contributed by atoms with Crippen LogP contribution in [0.4, 0.5) is 10.5 Å². The molecule has 6 nitrogen and oxygen atoms in total. The Morgan fingerprint density at radius 3 is 2.22 bits per heavy atom. The van der Waals surface area contributed by atoms with E-state index in [2.05, 4.69) is 10.3 Å². The minimum absolute atomic E-state index is 0.117. The molecule has 0 atom stereocenters. The zero-order chi connectivity index (χ0) is 23.3. The highest BCUT2D eigenvalue weighted by Gasteiger charge is 2.22. The van der Waals surface area contributed by atoms with Gasteiger partial charge in [-0.25, -0.2) is 9.79 Å². The number of aliphatic imine (C=N–C) groups is 1. The molecule has 0 spiro atoms. The molecule has 0 saturated carbocycles. The van der Waals surface area contributed by atoms with Crippen LogP contribution in [0.1, 0.15) is 31.7 Å². The largest absolute Gasteiger partial charge is 0.394 e. The standard InChI is InChI=1S/C23H23Cl3N4O2/c1-14(20(27)22(31)29-23(32)30-11-3-2-4-12-30)21(15-5-7-16(24)8-6-15)28-19-10-9-17(25)13-18(19)26/h5-10,13H,2-4,11-12,27H2,1H3,(H,29,31,32)/b20-14-,28-21?. The summed E-state index contributed by atoms with van der Waals surface area (Å²) in [7, 11) is 0. The van der Waals surface area contributed by atoms with Crippen molar-refractivity contribution >= 4 is 58.1 Å².